The smallest absolute Gasteiger partial charge is 0.183 e. The fraction of sp³-hybridized carbons (Fsp3) is 0.411. The molecule has 6 aromatic rings. The Morgan fingerprint density at radius 3 is 1.62 bits per heavy atom. The van der Waals surface area contributed by atoms with Gasteiger partial charge >= 0.3 is 0 Å². The maximum atomic E-state index is 12.8. The van der Waals surface area contributed by atoms with Crippen LogP contribution in [0, 0.1) is 11.8 Å². The highest BCUT2D eigenvalue weighted by Gasteiger charge is 2.36. The standard InChI is InChI=1S/C27H31ClN4O.C27H29ClN4O.2CH4/c2*1-31-12-9-18(10-13-31)26-22-7-6-21(28)15-20(22)14-19(23-4-3-11-29-27(23)26)5-8-25(33)24-16-32(2)17-30-24;;/h3-4,6-7,11,14-18,25-26,33H,5,8-10,12-13H2,1-2H3;3-4,6-7,11,14-18,26H,5,8-10,12-13H2,1-2H3;2*1H4. The van der Waals surface area contributed by atoms with Crippen molar-refractivity contribution in [3.8, 4) is 0 Å². The second kappa shape index (κ2) is 22.5. The minimum Gasteiger partial charge on any atom is -0.387 e. The molecule has 0 amide bonds. The van der Waals surface area contributed by atoms with E-state index in [1.807, 2.05) is 66.1 Å². The Balaban J connectivity index is 0.000000196. The average molecular weight is 956 g/mol. The van der Waals surface area contributed by atoms with Crippen molar-refractivity contribution < 1.29 is 9.90 Å². The van der Waals surface area contributed by atoms with Gasteiger partial charge in [0, 0.05) is 67.2 Å². The van der Waals surface area contributed by atoms with E-state index in [-0.39, 0.29) is 32.5 Å². The zero-order valence-corrected chi connectivity index (χ0v) is 40.0. The maximum Gasteiger partial charge on any atom is 0.183 e. The summed E-state index contributed by atoms with van der Waals surface area (Å²) in [6.45, 7) is 4.43. The van der Waals surface area contributed by atoms with Crippen molar-refractivity contribution in [3.05, 3.63) is 164 Å². The van der Waals surface area contributed by atoms with Gasteiger partial charge in [0.25, 0.3) is 0 Å². The van der Waals surface area contributed by atoms with Crippen molar-refractivity contribution in [2.45, 2.75) is 84.2 Å². The lowest BCUT2D eigenvalue weighted by Crippen LogP contribution is -2.33. The lowest BCUT2D eigenvalue weighted by molar-refractivity contribution is 0.0980. The second-order valence-corrected chi connectivity index (χ2v) is 19.7. The Hall–Kier alpha value is -5.23. The highest BCUT2D eigenvalue weighted by molar-refractivity contribution is 6.31. The Morgan fingerprint density at radius 1 is 0.662 bits per heavy atom. The number of Topliss-reactive ketones (excluding diaryl/α,β-unsaturated/α-hetero) is 1. The van der Waals surface area contributed by atoms with Crippen LogP contribution in [0.4, 0.5) is 0 Å². The van der Waals surface area contributed by atoms with Crippen LogP contribution in [0.5, 0.6) is 0 Å². The van der Waals surface area contributed by atoms with Gasteiger partial charge in [-0.1, -0.05) is 74.5 Å². The molecule has 12 heteroatoms. The number of hydrogen-bond donors (Lipinski definition) is 1. The highest BCUT2D eigenvalue weighted by atomic mass is 35.5. The first kappa shape index (κ1) is 50.6. The molecule has 0 bridgehead atoms. The number of halogens is 2. The molecule has 1 N–H and O–H groups in total. The SMILES string of the molecule is C.C.CN1CCC(C2c3ccc(Cl)cc3C=C(CCC(=O)c3cn(C)cn3)c3cccnc32)CC1.CN1CCC(C2c3ccc(Cl)cc3C=C(CCC(O)c3cn(C)cn3)c3cccnc32)CC1. The van der Waals surface area contributed by atoms with E-state index in [1.165, 1.54) is 27.8 Å². The summed E-state index contributed by atoms with van der Waals surface area (Å²) >= 11 is 12.9. The number of nitrogens with zero attached hydrogens (tertiary/aromatic N) is 8. The quantitative estimate of drug-likeness (QED) is 0.135. The van der Waals surface area contributed by atoms with Gasteiger partial charge in [0.15, 0.2) is 5.78 Å². The molecule has 2 aliphatic heterocycles. The molecule has 2 aliphatic carbocycles. The monoisotopic (exact) mass is 954 g/mol. The van der Waals surface area contributed by atoms with E-state index in [0.717, 1.165) is 96.4 Å². The van der Waals surface area contributed by atoms with Gasteiger partial charge in [-0.25, -0.2) is 9.97 Å². The summed E-state index contributed by atoms with van der Waals surface area (Å²) in [5.41, 5.74) is 13.1. The Labute approximate surface area is 413 Å². The number of piperidine rings is 2. The van der Waals surface area contributed by atoms with Crippen molar-refractivity contribution >= 4 is 52.3 Å². The summed E-state index contributed by atoms with van der Waals surface area (Å²) in [4.78, 5) is 36.1. The molecule has 4 aliphatic rings. The van der Waals surface area contributed by atoms with Crippen molar-refractivity contribution in [1.29, 1.82) is 0 Å². The van der Waals surface area contributed by atoms with E-state index in [9.17, 15) is 9.90 Å². The number of aliphatic hydroxyl groups excluding tert-OH is 1. The van der Waals surface area contributed by atoms with Crippen LogP contribution < -0.4 is 0 Å². The number of rotatable bonds is 10. The first-order chi connectivity index (χ1) is 32.0. The van der Waals surface area contributed by atoms with Gasteiger partial charge in [0.1, 0.15) is 5.69 Å². The molecule has 2 aromatic carbocycles. The minimum atomic E-state index is -0.598. The van der Waals surface area contributed by atoms with Crippen LogP contribution in [0.2, 0.25) is 10.0 Å². The number of benzene rings is 2. The molecule has 358 valence electrons. The number of ketones is 1. The summed E-state index contributed by atoms with van der Waals surface area (Å²) in [5.74, 6) is 1.60. The largest absolute Gasteiger partial charge is 0.387 e. The summed E-state index contributed by atoms with van der Waals surface area (Å²) in [7, 11) is 8.20. The lowest BCUT2D eigenvalue weighted by atomic mass is 9.76. The highest BCUT2D eigenvalue weighted by Crippen LogP contribution is 2.47. The van der Waals surface area contributed by atoms with Crippen LogP contribution in [-0.4, -0.2) is 90.0 Å². The van der Waals surface area contributed by atoms with E-state index in [0.29, 0.717) is 42.5 Å². The van der Waals surface area contributed by atoms with Crippen LogP contribution in [0.1, 0.15) is 145 Å². The van der Waals surface area contributed by atoms with Crippen molar-refractivity contribution in [1.82, 2.24) is 38.9 Å². The molecule has 0 spiro atoms. The number of carbonyl (C=O) groups is 1. The molecular weight excluding hydrogens is 888 g/mol. The lowest BCUT2D eigenvalue weighted by Gasteiger charge is -2.35. The van der Waals surface area contributed by atoms with Gasteiger partial charge in [-0.3, -0.25) is 14.8 Å². The molecule has 4 aromatic heterocycles. The molecule has 0 saturated carbocycles. The van der Waals surface area contributed by atoms with Crippen LogP contribution in [0.3, 0.4) is 0 Å². The number of aryl methyl sites for hydroxylation is 2. The fourth-order valence-corrected chi connectivity index (χ4v) is 11.0. The third kappa shape index (κ3) is 11.3. The summed E-state index contributed by atoms with van der Waals surface area (Å²) in [6, 6.07) is 20.9. The van der Waals surface area contributed by atoms with E-state index < -0.39 is 6.10 Å². The van der Waals surface area contributed by atoms with E-state index in [2.05, 4.69) is 82.4 Å². The number of carbonyl (C=O) groups excluding carboxylic acids is 1. The predicted molar refractivity (Wildman–Crippen MR) is 279 cm³/mol. The zero-order chi connectivity index (χ0) is 45.9. The Kier molecular flexibility index (Phi) is 16.7. The van der Waals surface area contributed by atoms with Gasteiger partial charge in [-0.05, 0) is 178 Å². The Morgan fingerprint density at radius 2 is 1.15 bits per heavy atom. The van der Waals surface area contributed by atoms with Gasteiger partial charge in [0.2, 0.25) is 0 Å². The van der Waals surface area contributed by atoms with Gasteiger partial charge in [0.05, 0.1) is 35.8 Å². The second-order valence-electron chi connectivity index (χ2n) is 18.9. The average Bonchev–Trinajstić information content (AvgIpc) is 3.91. The first-order valence-electron chi connectivity index (χ1n) is 23.4. The summed E-state index contributed by atoms with van der Waals surface area (Å²) in [5, 5.41) is 12.2. The van der Waals surface area contributed by atoms with Gasteiger partial charge in [-0.15, -0.1) is 0 Å². The number of hydrogen-bond acceptors (Lipinski definition) is 8. The number of imidazole rings is 2. The molecule has 68 heavy (non-hydrogen) atoms. The van der Waals surface area contributed by atoms with Crippen LogP contribution >= 0.6 is 23.2 Å². The number of aliphatic hydroxyl groups is 1. The number of likely N-dealkylation sites (tertiary alicyclic amines) is 2. The first-order valence-corrected chi connectivity index (χ1v) is 24.2. The molecule has 0 radical (unpaired) electrons. The molecule has 6 heterocycles. The molecular formula is C56H68Cl2N8O2. The third-order valence-electron chi connectivity index (χ3n) is 14.2. The number of pyridine rings is 2. The van der Waals surface area contributed by atoms with Crippen molar-refractivity contribution in [2.75, 3.05) is 40.3 Å². The van der Waals surface area contributed by atoms with Crippen molar-refractivity contribution in [2.24, 2.45) is 25.9 Å². The molecule has 10 rings (SSSR count). The number of allylic oxidation sites excluding steroid dienone is 2. The molecule has 2 fully saturated rings. The van der Waals surface area contributed by atoms with Gasteiger partial charge in [-0.2, -0.15) is 0 Å². The van der Waals surface area contributed by atoms with Gasteiger partial charge < -0.3 is 24.0 Å². The van der Waals surface area contributed by atoms with E-state index in [1.54, 1.807) is 18.9 Å². The molecule has 10 nitrogen and oxygen atoms in total. The molecule has 3 atom stereocenters. The minimum absolute atomic E-state index is 0. The predicted octanol–water partition coefficient (Wildman–Crippen LogP) is 12.0. The van der Waals surface area contributed by atoms with E-state index in [4.69, 9.17) is 33.2 Å². The summed E-state index contributed by atoms with van der Waals surface area (Å²) < 4.78 is 3.68. The van der Waals surface area contributed by atoms with Crippen molar-refractivity contribution in [3.63, 3.8) is 0 Å². The fourth-order valence-electron chi connectivity index (χ4n) is 10.7. The van der Waals surface area contributed by atoms with E-state index >= 15 is 0 Å². The normalized spacial score (nSPS) is 18.9. The van der Waals surface area contributed by atoms with Crippen LogP contribution in [-0.2, 0) is 14.1 Å². The number of aromatic nitrogens is 6. The zero-order valence-electron chi connectivity index (χ0n) is 38.5. The maximum absolute atomic E-state index is 12.8. The summed E-state index contributed by atoms with van der Waals surface area (Å²) in [6.07, 6.45) is 21.8. The third-order valence-corrected chi connectivity index (χ3v) is 14.7. The number of fused-ring (bicyclic) bond motifs is 4. The van der Waals surface area contributed by atoms with Crippen LogP contribution in [0.25, 0.3) is 23.3 Å². The molecule has 2 saturated heterocycles. The topological polar surface area (TPSA) is 105 Å². The molecule has 3 unspecified atom stereocenters. The van der Waals surface area contributed by atoms with Crippen LogP contribution in [0.15, 0.2) is 98.1 Å². The Bertz CT molecular complexity index is 2740.